The number of anilines is 1. The summed E-state index contributed by atoms with van der Waals surface area (Å²) in [7, 11) is 2.05. The molecule has 1 fully saturated rings. The summed E-state index contributed by atoms with van der Waals surface area (Å²) in [6.45, 7) is 5.98. The van der Waals surface area contributed by atoms with Crippen LogP contribution in [0, 0.1) is 0 Å². The first-order valence-electron chi connectivity index (χ1n) is 11.9. The molecule has 33 heavy (non-hydrogen) atoms. The lowest BCUT2D eigenvalue weighted by Crippen LogP contribution is -2.61. The normalized spacial score (nSPS) is 22.9. The van der Waals surface area contributed by atoms with Crippen LogP contribution in [0.15, 0.2) is 59.6 Å². The monoisotopic (exact) mass is 439 g/mol. The maximum absolute atomic E-state index is 13.8. The fourth-order valence-corrected chi connectivity index (χ4v) is 5.83. The van der Waals surface area contributed by atoms with Gasteiger partial charge in [0, 0.05) is 31.2 Å². The highest BCUT2D eigenvalue weighted by Gasteiger charge is 2.59. The lowest BCUT2D eigenvalue weighted by atomic mass is 9.77. The van der Waals surface area contributed by atoms with E-state index in [1.54, 1.807) is 0 Å². The van der Waals surface area contributed by atoms with E-state index in [0.29, 0.717) is 11.3 Å². The number of hydrogen-bond donors (Lipinski definition) is 0. The molecular weight excluding hydrogens is 410 g/mol. The van der Waals surface area contributed by atoms with Gasteiger partial charge in [-0.3, -0.25) is 9.79 Å². The molecule has 3 aliphatic rings. The van der Waals surface area contributed by atoms with E-state index >= 15 is 0 Å². The van der Waals surface area contributed by atoms with Gasteiger partial charge in [0.1, 0.15) is 5.69 Å². The van der Waals surface area contributed by atoms with Crippen molar-refractivity contribution in [3.05, 3.63) is 65.7 Å². The minimum absolute atomic E-state index is 0.0416. The zero-order valence-electron chi connectivity index (χ0n) is 19.5. The molecule has 0 saturated carbocycles. The largest absolute Gasteiger partial charge is 0.459 e. The van der Waals surface area contributed by atoms with E-state index in [4.69, 9.17) is 9.73 Å². The quantitative estimate of drug-likeness (QED) is 0.490. The molecule has 0 radical (unpaired) electrons. The van der Waals surface area contributed by atoms with E-state index in [1.807, 2.05) is 35.4 Å². The summed E-state index contributed by atoms with van der Waals surface area (Å²) in [4.78, 5) is 22.9. The standard InChI is InChI=1S/C28H29N3O2/c1-27(2)22-13-7-8-14-23(22)30(3)28(27)18-29-24-20-12-6-5-11-19(20)17-21(25(24)33-28)26(32)31-15-9-4-10-16-31/h5-8,11-14,17-18H,4,9-10,15-16H2,1-3H3. The van der Waals surface area contributed by atoms with Crippen molar-refractivity contribution in [1.82, 2.24) is 4.90 Å². The number of ether oxygens (including phenoxy) is 1. The number of nitrogens with zero attached hydrogens (tertiary/aromatic N) is 3. The van der Waals surface area contributed by atoms with Gasteiger partial charge in [0.2, 0.25) is 5.72 Å². The van der Waals surface area contributed by atoms with Gasteiger partial charge < -0.3 is 14.5 Å². The van der Waals surface area contributed by atoms with Crippen LogP contribution in [0.25, 0.3) is 10.8 Å². The van der Waals surface area contributed by atoms with Gasteiger partial charge in [0.15, 0.2) is 5.75 Å². The molecule has 1 unspecified atom stereocenters. The van der Waals surface area contributed by atoms with Gasteiger partial charge >= 0.3 is 0 Å². The number of fused-ring (bicyclic) bond motifs is 4. The molecule has 3 aromatic rings. The summed E-state index contributed by atoms with van der Waals surface area (Å²) >= 11 is 0. The molecule has 0 N–H and O–H groups in total. The summed E-state index contributed by atoms with van der Waals surface area (Å²) in [5, 5.41) is 2.01. The average Bonchev–Trinajstić information content (AvgIpc) is 3.02. The van der Waals surface area contributed by atoms with Crippen LogP contribution in [0.3, 0.4) is 0 Å². The molecule has 0 aromatic heterocycles. The first-order chi connectivity index (χ1) is 15.9. The van der Waals surface area contributed by atoms with Crippen molar-refractivity contribution < 1.29 is 9.53 Å². The Morgan fingerprint density at radius 1 is 1.00 bits per heavy atom. The number of carbonyl (C=O) groups excluding carboxylic acids is 1. The molecule has 1 spiro atoms. The van der Waals surface area contributed by atoms with Crippen molar-refractivity contribution in [2.24, 2.45) is 4.99 Å². The molecule has 3 heterocycles. The van der Waals surface area contributed by atoms with E-state index in [0.717, 1.165) is 48.1 Å². The van der Waals surface area contributed by atoms with Crippen molar-refractivity contribution in [3.63, 3.8) is 0 Å². The van der Waals surface area contributed by atoms with Gasteiger partial charge in [0.25, 0.3) is 5.91 Å². The highest BCUT2D eigenvalue weighted by molar-refractivity contribution is 6.09. The highest BCUT2D eigenvalue weighted by Crippen LogP contribution is 2.55. The van der Waals surface area contributed by atoms with Gasteiger partial charge in [-0.05, 0) is 56.2 Å². The molecule has 6 rings (SSSR count). The third-order valence-corrected chi connectivity index (χ3v) is 7.81. The number of likely N-dealkylation sites (N-methyl/N-ethyl adjacent to an activating group) is 1. The summed E-state index contributed by atoms with van der Waals surface area (Å²) in [5.41, 5.74) is 2.52. The second kappa shape index (κ2) is 7.08. The predicted molar refractivity (Wildman–Crippen MR) is 133 cm³/mol. The van der Waals surface area contributed by atoms with E-state index in [2.05, 4.69) is 56.1 Å². The lowest BCUT2D eigenvalue weighted by Gasteiger charge is -2.45. The molecule has 5 nitrogen and oxygen atoms in total. The number of aliphatic imine (C=N–C) groups is 1. The SMILES string of the molecule is CN1c2ccccc2C(C)(C)C12C=Nc1c(c(C(=O)N3CCCCC3)cc3ccccc13)O2. The Morgan fingerprint density at radius 3 is 2.52 bits per heavy atom. The Morgan fingerprint density at radius 2 is 1.73 bits per heavy atom. The Labute approximate surface area is 194 Å². The zero-order valence-corrected chi connectivity index (χ0v) is 19.5. The zero-order chi connectivity index (χ0) is 22.8. The Balaban J connectivity index is 1.55. The number of rotatable bonds is 1. The fraction of sp³-hybridized carbons (Fsp3) is 0.357. The van der Waals surface area contributed by atoms with Crippen LogP contribution in [0.1, 0.15) is 49.0 Å². The average molecular weight is 440 g/mol. The summed E-state index contributed by atoms with van der Waals surface area (Å²) in [6.07, 6.45) is 5.22. The van der Waals surface area contributed by atoms with Crippen LogP contribution in [0.5, 0.6) is 5.75 Å². The summed E-state index contributed by atoms with van der Waals surface area (Å²) in [6, 6.07) is 18.5. The molecular formula is C28H29N3O2. The number of hydrogen-bond acceptors (Lipinski definition) is 4. The summed E-state index contributed by atoms with van der Waals surface area (Å²) < 4.78 is 6.97. The lowest BCUT2D eigenvalue weighted by molar-refractivity contribution is 0.0669. The van der Waals surface area contributed by atoms with Crippen LogP contribution in [-0.4, -0.2) is 42.9 Å². The topological polar surface area (TPSA) is 45.1 Å². The minimum atomic E-state index is -0.816. The van der Waals surface area contributed by atoms with Crippen LogP contribution in [-0.2, 0) is 5.41 Å². The molecule has 0 bridgehead atoms. The molecule has 1 atom stereocenters. The molecule has 3 aromatic carbocycles. The fourth-order valence-electron chi connectivity index (χ4n) is 5.83. The molecule has 3 aliphatic heterocycles. The van der Waals surface area contributed by atoms with Crippen LogP contribution in [0.2, 0.25) is 0 Å². The highest BCUT2D eigenvalue weighted by atomic mass is 16.5. The number of likely N-dealkylation sites (tertiary alicyclic amines) is 1. The predicted octanol–water partition coefficient (Wildman–Crippen LogP) is 5.68. The first kappa shape index (κ1) is 20.3. The maximum Gasteiger partial charge on any atom is 0.257 e. The van der Waals surface area contributed by atoms with Crippen molar-refractivity contribution in [2.45, 2.75) is 44.2 Å². The van der Waals surface area contributed by atoms with Gasteiger partial charge in [0.05, 0.1) is 17.2 Å². The maximum atomic E-state index is 13.8. The second-order valence-corrected chi connectivity index (χ2v) is 9.93. The molecule has 1 amide bonds. The second-order valence-electron chi connectivity index (χ2n) is 9.93. The summed E-state index contributed by atoms with van der Waals surface area (Å²) in [5.74, 6) is 0.638. The Kier molecular flexibility index (Phi) is 4.35. The van der Waals surface area contributed by atoms with Crippen molar-refractivity contribution in [1.29, 1.82) is 0 Å². The molecule has 168 valence electrons. The third kappa shape index (κ3) is 2.71. The molecule has 5 heteroatoms. The Bertz CT molecular complexity index is 1310. The number of para-hydroxylation sites is 1. The van der Waals surface area contributed by atoms with Crippen LogP contribution < -0.4 is 9.64 Å². The van der Waals surface area contributed by atoms with E-state index in [-0.39, 0.29) is 11.3 Å². The first-order valence-corrected chi connectivity index (χ1v) is 11.9. The van der Waals surface area contributed by atoms with Crippen LogP contribution in [0.4, 0.5) is 11.4 Å². The number of benzene rings is 3. The van der Waals surface area contributed by atoms with E-state index in [9.17, 15) is 4.79 Å². The number of piperidine rings is 1. The van der Waals surface area contributed by atoms with Crippen molar-refractivity contribution in [2.75, 3.05) is 25.0 Å². The van der Waals surface area contributed by atoms with E-state index in [1.165, 1.54) is 12.0 Å². The van der Waals surface area contributed by atoms with Crippen LogP contribution >= 0.6 is 0 Å². The smallest absolute Gasteiger partial charge is 0.257 e. The van der Waals surface area contributed by atoms with Crippen molar-refractivity contribution >= 4 is 34.3 Å². The number of carbonyl (C=O) groups is 1. The van der Waals surface area contributed by atoms with Gasteiger partial charge in [-0.1, -0.05) is 42.5 Å². The molecule has 1 saturated heterocycles. The van der Waals surface area contributed by atoms with Gasteiger partial charge in [-0.15, -0.1) is 0 Å². The molecule has 0 aliphatic carbocycles. The van der Waals surface area contributed by atoms with Gasteiger partial charge in [-0.25, -0.2) is 0 Å². The van der Waals surface area contributed by atoms with E-state index < -0.39 is 5.72 Å². The third-order valence-electron chi connectivity index (χ3n) is 7.81. The van der Waals surface area contributed by atoms with Gasteiger partial charge in [-0.2, -0.15) is 0 Å². The number of amides is 1. The minimum Gasteiger partial charge on any atom is -0.459 e. The van der Waals surface area contributed by atoms with Crippen molar-refractivity contribution in [3.8, 4) is 5.75 Å². The Hall–Kier alpha value is -3.34.